The van der Waals surface area contributed by atoms with Crippen LogP contribution in [0.15, 0.2) is 35.6 Å². The van der Waals surface area contributed by atoms with Crippen LogP contribution in [-0.2, 0) is 0 Å². The monoisotopic (exact) mass is 463 g/mol. The molecule has 10 nitrogen and oxygen atoms in total. The van der Waals surface area contributed by atoms with Crippen LogP contribution < -0.4 is 25.4 Å². The molecule has 1 amide bonds. The summed E-state index contributed by atoms with van der Waals surface area (Å²) in [5.74, 6) is 3.02. The Morgan fingerprint density at radius 1 is 1.15 bits per heavy atom. The van der Waals surface area contributed by atoms with Gasteiger partial charge in [-0.25, -0.2) is 9.97 Å². The zero-order chi connectivity index (χ0) is 23.5. The molecule has 4 heterocycles. The number of benzene rings is 1. The summed E-state index contributed by atoms with van der Waals surface area (Å²) in [7, 11) is 0. The molecular weight excluding hydrogens is 434 g/mol. The lowest BCUT2D eigenvalue weighted by Gasteiger charge is -2.26. The lowest BCUT2D eigenvalue weighted by Crippen LogP contribution is -2.39. The third-order valence-corrected chi connectivity index (χ3v) is 5.94. The second-order valence-corrected chi connectivity index (χ2v) is 8.73. The molecule has 0 aliphatic carbocycles. The van der Waals surface area contributed by atoms with E-state index in [1.807, 2.05) is 18.2 Å². The number of ether oxygens (including phenoxy) is 2. The number of carbonyl (C=O) groups excluding carboxylic acids is 1. The molecule has 0 bridgehead atoms. The zero-order valence-corrected chi connectivity index (χ0v) is 19.4. The van der Waals surface area contributed by atoms with E-state index < -0.39 is 0 Å². The van der Waals surface area contributed by atoms with Crippen molar-refractivity contribution in [3.05, 3.63) is 41.9 Å². The fourth-order valence-corrected chi connectivity index (χ4v) is 4.17. The maximum Gasteiger partial charge on any atom is 0.268 e. The molecule has 1 aromatic carbocycles. The molecular formula is C24H29N7O3. The molecule has 5 rings (SSSR count). The van der Waals surface area contributed by atoms with Crippen LogP contribution in [0.5, 0.6) is 11.5 Å². The van der Waals surface area contributed by atoms with Crippen molar-refractivity contribution in [2.75, 3.05) is 38.2 Å². The first-order valence-corrected chi connectivity index (χ1v) is 11.6. The summed E-state index contributed by atoms with van der Waals surface area (Å²) in [4.78, 5) is 29.0. The average molecular weight is 464 g/mol. The van der Waals surface area contributed by atoms with Crippen LogP contribution in [0.1, 0.15) is 42.4 Å². The van der Waals surface area contributed by atoms with E-state index in [2.05, 4.69) is 49.7 Å². The van der Waals surface area contributed by atoms with Gasteiger partial charge in [-0.2, -0.15) is 0 Å². The summed E-state index contributed by atoms with van der Waals surface area (Å²) in [6.07, 6.45) is 2.50. The number of nitrogens with zero attached hydrogens (tertiary/aromatic N) is 3. The van der Waals surface area contributed by atoms with Gasteiger partial charge < -0.3 is 30.4 Å². The Hall–Kier alpha value is -3.82. The summed E-state index contributed by atoms with van der Waals surface area (Å²) in [5.41, 5.74) is 2.09. The Kier molecular flexibility index (Phi) is 6.20. The van der Waals surface area contributed by atoms with Crippen LogP contribution in [0, 0.1) is 5.92 Å². The number of aliphatic imine (C=N–C) groups is 1. The molecule has 178 valence electrons. The maximum absolute atomic E-state index is 12.7. The normalized spacial score (nSPS) is 16.0. The molecule has 0 spiro atoms. The molecule has 0 unspecified atom stereocenters. The van der Waals surface area contributed by atoms with E-state index in [0.29, 0.717) is 36.9 Å². The number of nitrogens with one attached hydrogen (secondary N) is 4. The quantitative estimate of drug-likeness (QED) is 0.424. The fourth-order valence-electron chi connectivity index (χ4n) is 4.17. The van der Waals surface area contributed by atoms with Crippen LogP contribution >= 0.6 is 0 Å². The standard InChI is InChI=1S/C24H29N7O3/c1-14(2)21(15-4-5-18-19(10-15)34-9-8-33-18)31-23-16-11-17(30-22(16)28-13-29-23)24(32)27-12-20-25-6-3-7-26-20/h4-5,10-11,13-14,21H,3,6-9,12H2,1-2H3,(H,25,26)(H,27,32)(H2,28,29,30,31)/t21-/m1/s1. The molecule has 0 fully saturated rings. The number of H-pyrrole nitrogens is 1. The Balaban J connectivity index is 1.37. The van der Waals surface area contributed by atoms with Gasteiger partial charge in [-0.1, -0.05) is 19.9 Å². The molecule has 2 aromatic heterocycles. The van der Waals surface area contributed by atoms with Gasteiger partial charge in [-0.3, -0.25) is 9.79 Å². The molecule has 1 atom stereocenters. The molecule has 3 aromatic rings. The van der Waals surface area contributed by atoms with E-state index in [-0.39, 0.29) is 17.9 Å². The minimum atomic E-state index is -0.216. The number of aromatic nitrogens is 3. The smallest absolute Gasteiger partial charge is 0.268 e. The van der Waals surface area contributed by atoms with E-state index in [4.69, 9.17) is 9.47 Å². The lowest BCUT2D eigenvalue weighted by molar-refractivity contribution is 0.0955. The third kappa shape index (κ3) is 4.61. The Bertz CT molecular complexity index is 1220. The molecule has 34 heavy (non-hydrogen) atoms. The number of amides is 1. The molecule has 2 aliphatic rings. The molecule has 10 heteroatoms. The second-order valence-electron chi connectivity index (χ2n) is 8.73. The average Bonchev–Trinajstić information content (AvgIpc) is 3.31. The van der Waals surface area contributed by atoms with Gasteiger partial charge in [-0.15, -0.1) is 0 Å². The molecule has 2 aliphatic heterocycles. The molecule has 0 saturated carbocycles. The number of anilines is 1. The molecule has 4 N–H and O–H groups in total. The van der Waals surface area contributed by atoms with E-state index in [1.54, 1.807) is 6.07 Å². The topological polar surface area (TPSA) is 126 Å². The maximum atomic E-state index is 12.7. The summed E-state index contributed by atoms with van der Waals surface area (Å²) < 4.78 is 11.4. The van der Waals surface area contributed by atoms with E-state index in [0.717, 1.165) is 47.8 Å². The van der Waals surface area contributed by atoms with Crippen molar-refractivity contribution in [1.82, 2.24) is 25.6 Å². The van der Waals surface area contributed by atoms with Crippen molar-refractivity contribution in [3.63, 3.8) is 0 Å². The predicted octanol–water partition coefficient (Wildman–Crippen LogP) is 2.66. The second kappa shape index (κ2) is 9.58. The van der Waals surface area contributed by atoms with Crippen molar-refractivity contribution < 1.29 is 14.3 Å². The number of hydrogen-bond donors (Lipinski definition) is 4. The highest BCUT2D eigenvalue weighted by molar-refractivity contribution is 6.01. The highest BCUT2D eigenvalue weighted by Gasteiger charge is 2.22. The van der Waals surface area contributed by atoms with Gasteiger partial charge in [0.2, 0.25) is 0 Å². The Labute approximate surface area is 197 Å². The molecule has 0 radical (unpaired) electrons. The summed E-state index contributed by atoms with van der Waals surface area (Å²) >= 11 is 0. The van der Waals surface area contributed by atoms with Gasteiger partial charge in [0.1, 0.15) is 42.5 Å². The lowest BCUT2D eigenvalue weighted by atomic mass is 9.95. The van der Waals surface area contributed by atoms with E-state index >= 15 is 0 Å². The van der Waals surface area contributed by atoms with Crippen LogP contribution in [0.2, 0.25) is 0 Å². The Morgan fingerprint density at radius 2 is 2.00 bits per heavy atom. The van der Waals surface area contributed by atoms with Crippen LogP contribution in [-0.4, -0.2) is 59.5 Å². The first kappa shape index (κ1) is 22.0. The van der Waals surface area contributed by atoms with Crippen molar-refractivity contribution in [2.45, 2.75) is 26.3 Å². The van der Waals surface area contributed by atoms with Crippen LogP contribution in [0.25, 0.3) is 11.0 Å². The Morgan fingerprint density at radius 3 is 2.79 bits per heavy atom. The van der Waals surface area contributed by atoms with E-state index in [1.165, 1.54) is 6.33 Å². The SMILES string of the molecule is CC(C)[C@@H](Nc1ncnc2[nH]c(C(=O)NCC3=NCCCN3)cc12)c1ccc2c(c1)OCCO2. The van der Waals surface area contributed by atoms with Gasteiger partial charge in [0.05, 0.1) is 18.0 Å². The highest BCUT2D eigenvalue weighted by atomic mass is 16.6. The fraction of sp³-hybridized carbons (Fsp3) is 0.417. The number of hydrogen-bond acceptors (Lipinski definition) is 8. The first-order chi connectivity index (χ1) is 16.6. The van der Waals surface area contributed by atoms with Gasteiger partial charge in [0.15, 0.2) is 11.5 Å². The minimum absolute atomic E-state index is 0.0310. The van der Waals surface area contributed by atoms with Crippen LogP contribution in [0.4, 0.5) is 5.82 Å². The minimum Gasteiger partial charge on any atom is -0.486 e. The first-order valence-electron chi connectivity index (χ1n) is 11.6. The summed E-state index contributed by atoms with van der Waals surface area (Å²) in [5, 5.41) is 10.4. The van der Waals surface area contributed by atoms with Crippen LogP contribution in [0.3, 0.4) is 0 Å². The van der Waals surface area contributed by atoms with Crippen molar-refractivity contribution in [3.8, 4) is 11.5 Å². The number of carbonyl (C=O) groups is 1. The van der Waals surface area contributed by atoms with Gasteiger partial charge in [-0.05, 0) is 36.1 Å². The third-order valence-electron chi connectivity index (χ3n) is 5.94. The van der Waals surface area contributed by atoms with Crippen molar-refractivity contribution in [2.24, 2.45) is 10.9 Å². The van der Waals surface area contributed by atoms with E-state index in [9.17, 15) is 4.79 Å². The number of rotatable bonds is 7. The predicted molar refractivity (Wildman–Crippen MR) is 130 cm³/mol. The summed E-state index contributed by atoms with van der Waals surface area (Å²) in [6.45, 7) is 7.42. The van der Waals surface area contributed by atoms with Gasteiger partial charge in [0.25, 0.3) is 5.91 Å². The van der Waals surface area contributed by atoms with Gasteiger partial charge >= 0.3 is 0 Å². The highest BCUT2D eigenvalue weighted by Crippen LogP contribution is 2.36. The van der Waals surface area contributed by atoms with Crippen molar-refractivity contribution >= 4 is 28.6 Å². The van der Waals surface area contributed by atoms with Crippen molar-refractivity contribution in [1.29, 1.82) is 0 Å². The largest absolute Gasteiger partial charge is 0.486 e. The van der Waals surface area contributed by atoms with Gasteiger partial charge in [0, 0.05) is 13.1 Å². The number of amidine groups is 1. The number of aromatic amines is 1. The molecule has 0 saturated heterocycles. The summed E-state index contributed by atoms with van der Waals surface area (Å²) in [6, 6.07) is 7.76. The zero-order valence-electron chi connectivity index (χ0n) is 19.4. The number of fused-ring (bicyclic) bond motifs is 2.